The van der Waals surface area contributed by atoms with Crippen LogP contribution >= 0.6 is 22.9 Å². The quantitative estimate of drug-likeness (QED) is 0.348. The summed E-state index contributed by atoms with van der Waals surface area (Å²) < 4.78 is 7.67. The number of halogens is 1. The zero-order chi connectivity index (χ0) is 25.7. The van der Waals surface area contributed by atoms with Crippen LogP contribution in [0.15, 0.2) is 69.6 Å². The fourth-order valence-corrected chi connectivity index (χ4v) is 4.77. The van der Waals surface area contributed by atoms with Crippen molar-refractivity contribution in [2.75, 3.05) is 12.4 Å². The molecule has 0 aliphatic carbocycles. The Balaban J connectivity index is 1.50. The van der Waals surface area contributed by atoms with Crippen molar-refractivity contribution >= 4 is 50.7 Å². The van der Waals surface area contributed by atoms with Gasteiger partial charge in [0, 0.05) is 25.2 Å². The number of aromatic nitrogens is 2. The third-order valence-corrected chi connectivity index (χ3v) is 6.66. The van der Waals surface area contributed by atoms with Crippen molar-refractivity contribution in [1.29, 1.82) is 0 Å². The molecule has 2 aromatic carbocycles. The van der Waals surface area contributed by atoms with Gasteiger partial charge in [0.2, 0.25) is 11.8 Å². The average molecular weight is 527 g/mol. The monoisotopic (exact) mass is 526 g/mol. The minimum absolute atomic E-state index is 0.0601. The van der Waals surface area contributed by atoms with Crippen LogP contribution in [0.3, 0.4) is 0 Å². The van der Waals surface area contributed by atoms with E-state index in [4.69, 9.17) is 16.3 Å². The minimum Gasteiger partial charge on any atom is -0.495 e. The molecule has 4 rings (SSSR count). The van der Waals surface area contributed by atoms with Crippen LogP contribution in [-0.4, -0.2) is 28.1 Å². The zero-order valence-electron chi connectivity index (χ0n) is 19.3. The van der Waals surface area contributed by atoms with Gasteiger partial charge in [-0.25, -0.2) is 4.79 Å². The normalized spacial score (nSPS) is 10.8. The molecule has 0 fully saturated rings. The fourth-order valence-electron chi connectivity index (χ4n) is 3.67. The zero-order valence-corrected chi connectivity index (χ0v) is 20.9. The molecule has 0 aliphatic rings. The third kappa shape index (κ3) is 5.67. The first-order valence-electron chi connectivity index (χ1n) is 11.0. The Bertz CT molecular complexity index is 1530. The summed E-state index contributed by atoms with van der Waals surface area (Å²) in [6.07, 6.45) is -0.0601. The summed E-state index contributed by atoms with van der Waals surface area (Å²) in [6.45, 7) is -0.0870. The predicted octanol–water partition coefficient (Wildman–Crippen LogP) is 3.23. The van der Waals surface area contributed by atoms with Gasteiger partial charge in [-0.3, -0.25) is 23.5 Å². The fraction of sp³-hybridized carbons (Fsp3) is 0.200. The number of benzene rings is 2. The van der Waals surface area contributed by atoms with E-state index in [1.54, 1.807) is 23.6 Å². The van der Waals surface area contributed by atoms with Crippen LogP contribution < -0.4 is 26.6 Å². The number of ether oxygens (including phenoxy) is 1. The molecule has 0 saturated heterocycles. The van der Waals surface area contributed by atoms with E-state index in [0.29, 0.717) is 33.2 Å². The third-order valence-electron chi connectivity index (χ3n) is 5.47. The van der Waals surface area contributed by atoms with Crippen LogP contribution in [-0.2, 0) is 29.2 Å². The number of carbonyl (C=O) groups is 2. The topological polar surface area (TPSA) is 111 Å². The van der Waals surface area contributed by atoms with Gasteiger partial charge in [0.05, 0.1) is 17.6 Å². The Morgan fingerprint density at radius 1 is 1.03 bits per heavy atom. The second-order valence-electron chi connectivity index (χ2n) is 7.87. The van der Waals surface area contributed by atoms with Gasteiger partial charge in [-0.2, -0.15) is 0 Å². The first-order chi connectivity index (χ1) is 17.4. The molecule has 2 aromatic heterocycles. The Morgan fingerprint density at radius 2 is 1.81 bits per heavy atom. The second kappa shape index (κ2) is 11.2. The maximum absolute atomic E-state index is 13.2. The van der Waals surface area contributed by atoms with Crippen molar-refractivity contribution in [1.82, 2.24) is 14.5 Å². The molecule has 11 heteroatoms. The largest absolute Gasteiger partial charge is 0.495 e. The van der Waals surface area contributed by atoms with E-state index >= 15 is 0 Å². The highest BCUT2D eigenvalue weighted by molar-refractivity contribution is 7.17. The predicted molar refractivity (Wildman–Crippen MR) is 140 cm³/mol. The Labute approximate surface area is 214 Å². The number of hydrogen-bond donors (Lipinski definition) is 2. The van der Waals surface area contributed by atoms with Gasteiger partial charge in [0.25, 0.3) is 5.56 Å². The van der Waals surface area contributed by atoms with Crippen LogP contribution in [0.2, 0.25) is 5.02 Å². The highest BCUT2D eigenvalue weighted by Crippen LogP contribution is 2.27. The van der Waals surface area contributed by atoms with Crippen LogP contribution in [0.1, 0.15) is 12.0 Å². The Kier molecular flexibility index (Phi) is 7.87. The maximum Gasteiger partial charge on any atom is 0.332 e. The second-order valence-corrected chi connectivity index (χ2v) is 9.19. The van der Waals surface area contributed by atoms with Crippen molar-refractivity contribution in [3.63, 3.8) is 0 Å². The summed E-state index contributed by atoms with van der Waals surface area (Å²) >= 11 is 7.29. The lowest BCUT2D eigenvalue weighted by Gasteiger charge is -2.13. The number of hydrogen-bond acceptors (Lipinski definition) is 6. The number of thiophene rings is 1. The van der Waals surface area contributed by atoms with Crippen molar-refractivity contribution in [3.8, 4) is 5.75 Å². The molecular weight excluding hydrogens is 504 g/mol. The molecule has 0 radical (unpaired) electrons. The van der Waals surface area contributed by atoms with E-state index in [1.165, 1.54) is 29.1 Å². The molecular formula is C25H23ClN4O5S. The smallest absolute Gasteiger partial charge is 0.332 e. The standard InChI is InChI=1S/C25H23ClN4O5S/c1-35-20-8-7-17(13-18(20)26)28-22(32)15-30-19-10-12-36-23(19)24(33)29(25(30)34)11-9-21(31)27-14-16-5-3-2-4-6-16/h2-8,10,12-13H,9,11,14-15H2,1H3,(H,27,31)(H,28,32). The van der Waals surface area contributed by atoms with E-state index in [2.05, 4.69) is 10.6 Å². The molecule has 9 nitrogen and oxygen atoms in total. The number of rotatable bonds is 9. The number of nitrogens with zero attached hydrogens (tertiary/aromatic N) is 2. The minimum atomic E-state index is -0.662. The lowest BCUT2D eigenvalue weighted by molar-refractivity contribution is -0.121. The highest BCUT2D eigenvalue weighted by Gasteiger charge is 2.17. The number of methoxy groups -OCH3 is 1. The van der Waals surface area contributed by atoms with E-state index < -0.39 is 17.2 Å². The summed E-state index contributed by atoms with van der Waals surface area (Å²) in [5, 5.41) is 7.49. The van der Waals surface area contributed by atoms with E-state index in [-0.39, 0.29) is 25.4 Å². The summed E-state index contributed by atoms with van der Waals surface area (Å²) in [7, 11) is 1.49. The molecule has 4 aromatic rings. The maximum atomic E-state index is 13.2. The summed E-state index contributed by atoms with van der Waals surface area (Å²) in [5.41, 5.74) is 0.588. The Morgan fingerprint density at radius 3 is 2.53 bits per heavy atom. The van der Waals surface area contributed by atoms with Gasteiger partial charge in [0.1, 0.15) is 17.0 Å². The first-order valence-corrected chi connectivity index (χ1v) is 12.3. The summed E-state index contributed by atoms with van der Waals surface area (Å²) in [5.74, 6) is -0.306. The van der Waals surface area contributed by atoms with Crippen LogP contribution in [0.5, 0.6) is 5.75 Å². The molecule has 0 spiro atoms. The average Bonchev–Trinajstić information content (AvgIpc) is 3.36. The number of nitrogens with one attached hydrogen (secondary N) is 2. The Hall–Kier alpha value is -3.89. The van der Waals surface area contributed by atoms with Gasteiger partial charge < -0.3 is 15.4 Å². The van der Waals surface area contributed by atoms with Crippen LogP contribution in [0, 0.1) is 0 Å². The summed E-state index contributed by atoms with van der Waals surface area (Å²) in [6, 6.07) is 15.8. The van der Waals surface area contributed by atoms with Crippen molar-refractivity contribution in [2.24, 2.45) is 0 Å². The van der Waals surface area contributed by atoms with Gasteiger partial charge >= 0.3 is 5.69 Å². The lowest BCUT2D eigenvalue weighted by Crippen LogP contribution is -2.42. The molecule has 0 atom stereocenters. The van der Waals surface area contributed by atoms with Crippen molar-refractivity contribution < 1.29 is 14.3 Å². The summed E-state index contributed by atoms with van der Waals surface area (Å²) in [4.78, 5) is 51.2. The molecule has 2 heterocycles. The molecule has 36 heavy (non-hydrogen) atoms. The van der Waals surface area contributed by atoms with Crippen LogP contribution in [0.4, 0.5) is 5.69 Å². The number of amides is 2. The van der Waals surface area contributed by atoms with Gasteiger partial charge in [-0.05, 0) is 35.2 Å². The van der Waals surface area contributed by atoms with Crippen molar-refractivity contribution in [2.45, 2.75) is 26.1 Å². The molecule has 2 N–H and O–H groups in total. The van der Waals surface area contributed by atoms with Gasteiger partial charge in [-0.15, -0.1) is 11.3 Å². The van der Waals surface area contributed by atoms with E-state index in [9.17, 15) is 19.2 Å². The molecule has 0 aliphatic heterocycles. The number of carbonyl (C=O) groups excluding carboxylic acids is 2. The van der Waals surface area contributed by atoms with Gasteiger partial charge in [0.15, 0.2) is 0 Å². The number of anilines is 1. The molecule has 0 saturated carbocycles. The molecule has 0 unspecified atom stereocenters. The van der Waals surface area contributed by atoms with E-state index in [1.807, 2.05) is 30.3 Å². The van der Waals surface area contributed by atoms with Gasteiger partial charge in [-0.1, -0.05) is 41.9 Å². The van der Waals surface area contributed by atoms with E-state index in [0.717, 1.165) is 10.1 Å². The van der Waals surface area contributed by atoms with Crippen LogP contribution in [0.25, 0.3) is 10.2 Å². The number of fused-ring (bicyclic) bond motifs is 1. The highest BCUT2D eigenvalue weighted by atomic mass is 35.5. The molecule has 2 amide bonds. The lowest BCUT2D eigenvalue weighted by atomic mass is 10.2. The molecule has 0 bridgehead atoms. The van der Waals surface area contributed by atoms with Crippen molar-refractivity contribution in [3.05, 3.63) is 91.4 Å². The SMILES string of the molecule is COc1ccc(NC(=O)Cn2c(=O)n(CCC(=O)NCc3ccccc3)c(=O)c3sccc32)cc1Cl. The first kappa shape index (κ1) is 25.2. The molecule has 186 valence electrons.